The monoisotopic (exact) mass is 558 g/mol. The summed E-state index contributed by atoms with van der Waals surface area (Å²) < 4.78 is 59.7. The van der Waals surface area contributed by atoms with E-state index in [0.29, 0.717) is 28.4 Å². The number of alkyl halides is 3. The molecular formula is C26H18F4N4O4S. The molecule has 0 saturated carbocycles. The van der Waals surface area contributed by atoms with Crippen molar-refractivity contribution in [2.24, 2.45) is 10.9 Å². The van der Waals surface area contributed by atoms with E-state index >= 15 is 0 Å². The Morgan fingerprint density at radius 2 is 1.77 bits per heavy atom. The second-order valence-corrected chi connectivity index (χ2v) is 9.46. The molecule has 1 unspecified atom stereocenters. The number of halogens is 4. The number of rotatable bonds is 6. The highest BCUT2D eigenvalue weighted by Crippen LogP contribution is 2.44. The lowest BCUT2D eigenvalue weighted by molar-refractivity contribution is -0.140. The van der Waals surface area contributed by atoms with Gasteiger partial charge in [0.05, 0.1) is 18.5 Å². The summed E-state index contributed by atoms with van der Waals surface area (Å²) in [5.74, 6) is -1.64. The second-order valence-electron chi connectivity index (χ2n) is 8.46. The molecule has 2 amide bonds. The van der Waals surface area contributed by atoms with Crippen LogP contribution in [0.4, 0.5) is 23.2 Å². The number of fused-ring (bicyclic) bond motifs is 1. The number of primary amides is 1. The van der Waals surface area contributed by atoms with Gasteiger partial charge in [-0.25, -0.2) is 9.37 Å². The van der Waals surface area contributed by atoms with Gasteiger partial charge >= 0.3 is 6.18 Å². The maximum absolute atomic E-state index is 13.7. The molecule has 0 spiro atoms. The van der Waals surface area contributed by atoms with E-state index in [9.17, 15) is 27.2 Å². The standard InChI is InChI=1S/C26H18F4N4O4S/c1-37-15-8-4-13(5-9-15)17-11-18(38-34-17)24(36)33-21-20-16(12-2-6-14(27)7-3-12)10-19(26(28,29)30)32-25(20)39-22(21)23(31)35/h2-10,18H,11H2,1H3,(H2,31,35)(H,33,36). The third-order valence-corrected chi connectivity index (χ3v) is 7.06. The van der Waals surface area contributed by atoms with Gasteiger partial charge in [-0.1, -0.05) is 17.3 Å². The van der Waals surface area contributed by atoms with Crippen molar-refractivity contribution in [2.75, 3.05) is 12.4 Å². The zero-order valence-corrected chi connectivity index (χ0v) is 20.8. The number of benzene rings is 2. The van der Waals surface area contributed by atoms with E-state index in [0.717, 1.165) is 18.2 Å². The van der Waals surface area contributed by atoms with Gasteiger partial charge in [0.25, 0.3) is 11.8 Å². The fourth-order valence-corrected chi connectivity index (χ4v) is 5.08. The summed E-state index contributed by atoms with van der Waals surface area (Å²) in [5, 5.41) is 6.61. The molecular weight excluding hydrogens is 540 g/mol. The van der Waals surface area contributed by atoms with Gasteiger partial charge in [-0.3, -0.25) is 9.59 Å². The SMILES string of the molecule is COc1ccc(C2=NOC(C(=O)Nc3c(C(N)=O)sc4nc(C(F)(F)F)cc(-c5ccc(F)cc5)c34)C2)cc1. The van der Waals surface area contributed by atoms with Crippen molar-refractivity contribution in [3.63, 3.8) is 0 Å². The quantitative estimate of drug-likeness (QED) is 0.309. The van der Waals surface area contributed by atoms with Crippen LogP contribution in [0.2, 0.25) is 0 Å². The van der Waals surface area contributed by atoms with E-state index in [1.54, 1.807) is 24.3 Å². The molecule has 8 nitrogen and oxygen atoms in total. The molecule has 0 radical (unpaired) electrons. The lowest BCUT2D eigenvalue weighted by Gasteiger charge is -2.13. The predicted octanol–water partition coefficient (Wildman–Crippen LogP) is 5.36. The lowest BCUT2D eigenvalue weighted by atomic mass is 10.0. The van der Waals surface area contributed by atoms with Crippen molar-refractivity contribution in [1.29, 1.82) is 0 Å². The number of anilines is 1. The van der Waals surface area contributed by atoms with E-state index < -0.39 is 35.6 Å². The molecule has 0 bridgehead atoms. The van der Waals surface area contributed by atoms with Crippen molar-refractivity contribution in [2.45, 2.75) is 18.7 Å². The van der Waals surface area contributed by atoms with Gasteiger partial charge in [0.2, 0.25) is 6.10 Å². The van der Waals surface area contributed by atoms with Gasteiger partial charge < -0.3 is 20.6 Å². The highest BCUT2D eigenvalue weighted by atomic mass is 32.1. The highest BCUT2D eigenvalue weighted by molar-refractivity contribution is 7.21. The summed E-state index contributed by atoms with van der Waals surface area (Å²) in [6.45, 7) is 0. The fraction of sp³-hybridized carbons (Fsp3) is 0.154. The Kier molecular flexibility index (Phi) is 6.68. The third-order valence-electron chi connectivity index (χ3n) is 5.96. The van der Waals surface area contributed by atoms with Crippen LogP contribution in [0.15, 0.2) is 59.8 Å². The first-order valence-electron chi connectivity index (χ1n) is 11.3. The molecule has 1 aliphatic heterocycles. The molecule has 5 rings (SSSR count). The molecule has 0 aliphatic carbocycles. The van der Waals surface area contributed by atoms with Crippen molar-refractivity contribution in [3.8, 4) is 16.9 Å². The first kappa shape index (κ1) is 26.1. The average molecular weight is 559 g/mol. The van der Waals surface area contributed by atoms with Crippen LogP contribution >= 0.6 is 11.3 Å². The first-order valence-corrected chi connectivity index (χ1v) is 12.1. The van der Waals surface area contributed by atoms with Crippen LogP contribution in [-0.4, -0.2) is 35.7 Å². The Balaban J connectivity index is 1.53. The molecule has 1 aliphatic rings. The van der Waals surface area contributed by atoms with Crippen LogP contribution in [0.5, 0.6) is 5.75 Å². The van der Waals surface area contributed by atoms with Crippen molar-refractivity contribution < 1.29 is 36.7 Å². The number of ether oxygens (including phenoxy) is 1. The minimum absolute atomic E-state index is 0.0195. The van der Waals surface area contributed by atoms with Gasteiger partial charge in [0, 0.05) is 11.8 Å². The van der Waals surface area contributed by atoms with Gasteiger partial charge in [0.1, 0.15) is 27.0 Å². The summed E-state index contributed by atoms with van der Waals surface area (Å²) in [7, 11) is 1.53. The van der Waals surface area contributed by atoms with Crippen LogP contribution in [0, 0.1) is 5.82 Å². The van der Waals surface area contributed by atoms with Crippen molar-refractivity contribution in [3.05, 3.63) is 76.5 Å². The maximum atomic E-state index is 13.7. The molecule has 0 saturated heterocycles. The smallest absolute Gasteiger partial charge is 0.433 e. The molecule has 3 heterocycles. The van der Waals surface area contributed by atoms with Crippen LogP contribution in [-0.2, 0) is 15.8 Å². The third kappa shape index (κ3) is 5.12. The largest absolute Gasteiger partial charge is 0.497 e. The van der Waals surface area contributed by atoms with E-state index in [1.807, 2.05) is 0 Å². The van der Waals surface area contributed by atoms with E-state index in [-0.39, 0.29) is 38.3 Å². The maximum Gasteiger partial charge on any atom is 0.433 e. The number of nitrogens with zero attached hydrogens (tertiary/aromatic N) is 2. The Bertz CT molecular complexity index is 1620. The van der Waals surface area contributed by atoms with E-state index in [2.05, 4.69) is 15.5 Å². The average Bonchev–Trinajstić information content (AvgIpc) is 3.54. The van der Waals surface area contributed by atoms with Crippen LogP contribution in [0.1, 0.15) is 27.3 Å². The van der Waals surface area contributed by atoms with Gasteiger partial charge in [-0.2, -0.15) is 13.2 Å². The van der Waals surface area contributed by atoms with Crippen LogP contribution < -0.4 is 15.8 Å². The number of hydrogen-bond donors (Lipinski definition) is 2. The number of pyridine rings is 1. The van der Waals surface area contributed by atoms with Crippen molar-refractivity contribution in [1.82, 2.24) is 4.98 Å². The number of carbonyl (C=O) groups excluding carboxylic acids is 2. The number of amides is 2. The fourth-order valence-electron chi connectivity index (χ4n) is 4.07. The summed E-state index contributed by atoms with van der Waals surface area (Å²) in [4.78, 5) is 34.1. The summed E-state index contributed by atoms with van der Waals surface area (Å²) in [6, 6.07) is 12.5. The minimum Gasteiger partial charge on any atom is -0.497 e. The zero-order valence-electron chi connectivity index (χ0n) is 20.0. The zero-order chi connectivity index (χ0) is 27.9. The molecule has 1 atom stereocenters. The molecule has 13 heteroatoms. The van der Waals surface area contributed by atoms with E-state index in [4.69, 9.17) is 15.3 Å². The molecule has 3 N–H and O–H groups in total. The second kappa shape index (κ2) is 9.98. The molecule has 0 fully saturated rings. The molecule has 2 aromatic carbocycles. The van der Waals surface area contributed by atoms with Gasteiger partial charge in [-0.05, 0) is 59.2 Å². The summed E-state index contributed by atoms with van der Waals surface area (Å²) >= 11 is 0.604. The topological polar surface area (TPSA) is 116 Å². The molecule has 200 valence electrons. The Hall–Kier alpha value is -4.52. The predicted molar refractivity (Wildman–Crippen MR) is 136 cm³/mol. The summed E-state index contributed by atoms with van der Waals surface area (Å²) in [5.41, 5.74) is 5.56. The molecule has 2 aromatic heterocycles. The Morgan fingerprint density at radius 3 is 2.38 bits per heavy atom. The molecule has 4 aromatic rings. The number of carbonyl (C=O) groups is 2. The number of nitrogens with two attached hydrogens (primary N) is 1. The van der Waals surface area contributed by atoms with E-state index in [1.165, 1.54) is 19.2 Å². The Morgan fingerprint density at radius 1 is 1.10 bits per heavy atom. The first-order chi connectivity index (χ1) is 18.5. The number of oxime groups is 1. The Labute approximate surface area is 222 Å². The number of methoxy groups -OCH3 is 1. The van der Waals surface area contributed by atoms with Crippen LogP contribution in [0.3, 0.4) is 0 Å². The normalized spacial score (nSPS) is 15.1. The highest BCUT2D eigenvalue weighted by Gasteiger charge is 2.36. The lowest BCUT2D eigenvalue weighted by Crippen LogP contribution is -2.29. The summed E-state index contributed by atoms with van der Waals surface area (Å²) in [6.07, 6.45) is -5.81. The number of hydrogen-bond acceptors (Lipinski definition) is 7. The minimum atomic E-state index is -4.81. The number of aromatic nitrogens is 1. The van der Waals surface area contributed by atoms with Crippen molar-refractivity contribution >= 4 is 44.8 Å². The number of nitrogens with one attached hydrogen (secondary N) is 1. The van der Waals surface area contributed by atoms with Gasteiger partial charge in [-0.15, -0.1) is 11.3 Å². The van der Waals surface area contributed by atoms with Crippen LogP contribution in [0.25, 0.3) is 21.3 Å². The van der Waals surface area contributed by atoms with Gasteiger partial charge in [0.15, 0.2) is 0 Å². The molecule has 39 heavy (non-hydrogen) atoms. The number of thiophene rings is 1.